The Kier molecular flexibility index (Phi) is 5.69. The van der Waals surface area contributed by atoms with E-state index in [0.29, 0.717) is 12.4 Å². The van der Waals surface area contributed by atoms with Crippen LogP contribution < -0.4 is 5.32 Å². The average molecular weight is 302 g/mol. The second kappa shape index (κ2) is 7.04. The number of alkyl halides is 1. The molecule has 0 fully saturated rings. The van der Waals surface area contributed by atoms with Gasteiger partial charge in [-0.1, -0.05) is 0 Å². The van der Waals surface area contributed by atoms with Crippen LogP contribution in [0.5, 0.6) is 0 Å². The van der Waals surface area contributed by atoms with Gasteiger partial charge in [0.05, 0.1) is 6.61 Å². The number of ketones is 1. The SMILES string of the molecule is CCOC(=O)C(=O)c1c(NC(=O)CCl)nc(C)n1CC. The molecule has 1 aromatic heterocycles. The van der Waals surface area contributed by atoms with Crippen molar-refractivity contribution in [3.63, 3.8) is 0 Å². The third kappa shape index (κ3) is 3.36. The fraction of sp³-hybridized carbons (Fsp3) is 0.500. The van der Waals surface area contributed by atoms with Crippen LogP contribution in [0.2, 0.25) is 0 Å². The Balaban J connectivity index is 3.23. The molecule has 1 rings (SSSR count). The van der Waals surface area contributed by atoms with Gasteiger partial charge in [0.25, 0.3) is 5.78 Å². The molecule has 0 radical (unpaired) electrons. The van der Waals surface area contributed by atoms with Crippen molar-refractivity contribution in [3.05, 3.63) is 11.5 Å². The van der Waals surface area contributed by atoms with Crippen LogP contribution >= 0.6 is 11.6 Å². The number of carbonyl (C=O) groups is 3. The van der Waals surface area contributed by atoms with Gasteiger partial charge in [-0.25, -0.2) is 9.78 Å². The lowest BCUT2D eigenvalue weighted by molar-refractivity contribution is -0.137. The number of hydrogen-bond donors (Lipinski definition) is 1. The first kappa shape index (κ1) is 16.2. The fourth-order valence-corrected chi connectivity index (χ4v) is 1.79. The molecule has 1 aromatic rings. The Hall–Kier alpha value is -1.89. The van der Waals surface area contributed by atoms with Crippen molar-refractivity contribution in [1.82, 2.24) is 9.55 Å². The van der Waals surface area contributed by atoms with E-state index in [0.717, 1.165) is 0 Å². The first-order valence-electron chi connectivity index (χ1n) is 6.10. The van der Waals surface area contributed by atoms with E-state index in [1.165, 1.54) is 4.57 Å². The molecule has 1 N–H and O–H groups in total. The highest BCUT2D eigenvalue weighted by Gasteiger charge is 2.28. The minimum Gasteiger partial charge on any atom is -0.460 e. The van der Waals surface area contributed by atoms with Crippen LogP contribution in [0.1, 0.15) is 30.2 Å². The minimum atomic E-state index is -0.983. The number of nitrogens with zero attached hydrogens (tertiary/aromatic N) is 2. The first-order valence-corrected chi connectivity index (χ1v) is 6.64. The number of Topliss-reactive ketones (excluding diaryl/α,β-unsaturated/α-hetero) is 1. The van der Waals surface area contributed by atoms with E-state index in [1.807, 2.05) is 0 Å². The molecular weight excluding hydrogens is 286 g/mol. The topological polar surface area (TPSA) is 90.3 Å². The summed E-state index contributed by atoms with van der Waals surface area (Å²) in [5, 5.41) is 2.40. The minimum absolute atomic E-state index is 0.00177. The number of anilines is 1. The van der Waals surface area contributed by atoms with Crippen molar-refractivity contribution >= 4 is 35.1 Å². The molecule has 20 heavy (non-hydrogen) atoms. The van der Waals surface area contributed by atoms with E-state index in [2.05, 4.69) is 15.0 Å². The lowest BCUT2D eigenvalue weighted by atomic mass is 10.2. The van der Waals surface area contributed by atoms with Crippen LogP contribution in [0.25, 0.3) is 0 Å². The summed E-state index contributed by atoms with van der Waals surface area (Å²) >= 11 is 5.40. The Labute approximate surface area is 121 Å². The van der Waals surface area contributed by atoms with Crippen molar-refractivity contribution in [2.24, 2.45) is 0 Å². The van der Waals surface area contributed by atoms with E-state index in [-0.39, 0.29) is 24.0 Å². The maximum atomic E-state index is 12.1. The number of carbonyl (C=O) groups excluding carboxylic acids is 3. The maximum absolute atomic E-state index is 12.1. The molecule has 0 bridgehead atoms. The molecule has 1 amide bonds. The molecular formula is C12H16ClN3O4. The van der Waals surface area contributed by atoms with E-state index in [4.69, 9.17) is 11.6 Å². The number of ether oxygens (including phenoxy) is 1. The zero-order valence-corrected chi connectivity index (χ0v) is 12.3. The highest BCUT2D eigenvalue weighted by atomic mass is 35.5. The third-order valence-electron chi connectivity index (χ3n) is 2.53. The number of aromatic nitrogens is 2. The van der Waals surface area contributed by atoms with Crippen molar-refractivity contribution in [2.75, 3.05) is 17.8 Å². The zero-order valence-electron chi connectivity index (χ0n) is 11.5. The Bertz CT molecular complexity index is 539. The van der Waals surface area contributed by atoms with Crippen LogP contribution in [0.3, 0.4) is 0 Å². The highest BCUT2D eigenvalue weighted by Crippen LogP contribution is 2.18. The molecule has 0 atom stereocenters. The summed E-state index contributed by atoms with van der Waals surface area (Å²) in [7, 11) is 0. The van der Waals surface area contributed by atoms with Gasteiger partial charge in [0, 0.05) is 6.54 Å². The predicted molar refractivity (Wildman–Crippen MR) is 73.0 cm³/mol. The first-order chi connectivity index (χ1) is 9.46. The van der Waals surface area contributed by atoms with E-state index < -0.39 is 17.7 Å². The van der Waals surface area contributed by atoms with Gasteiger partial charge in [-0.15, -0.1) is 11.6 Å². The monoisotopic (exact) mass is 301 g/mol. The molecule has 0 spiro atoms. The summed E-state index contributed by atoms with van der Waals surface area (Å²) in [5.74, 6) is -2.09. The number of aryl methyl sites for hydroxylation is 1. The van der Waals surface area contributed by atoms with E-state index >= 15 is 0 Å². The standard InChI is InChI=1S/C12H16ClN3O4/c1-4-16-7(3)14-11(15-8(17)6-13)9(16)10(18)12(19)20-5-2/h4-6H2,1-3H3,(H,15,17). The average Bonchev–Trinajstić information content (AvgIpc) is 2.73. The van der Waals surface area contributed by atoms with Gasteiger partial charge in [-0.3, -0.25) is 9.59 Å². The normalized spacial score (nSPS) is 10.2. The molecule has 8 heteroatoms. The molecule has 0 saturated heterocycles. The number of esters is 1. The Morgan fingerprint density at radius 1 is 1.35 bits per heavy atom. The Morgan fingerprint density at radius 3 is 2.50 bits per heavy atom. The van der Waals surface area contributed by atoms with Gasteiger partial charge in [0.2, 0.25) is 5.91 Å². The highest BCUT2D eigenvalue weighted by molar-refractivity contribution is 6.41. The van der Waals surface area contributed by atoms with Gasteiger partial charge >= 0.3 is 5.97 Å². The van der Waals surface area contributed by atoms with Crippen LogP contribution in [-0.2, 0) is 20.9 Å². The lowest BCUT2D eigenvalue weighted by Crippen LogP contribution is -2.23. The van der Waals surface area contributed by atoms with Crippen LogP contribution in [0.4, 0.5) is 5.82 Å². The number of nitrogens with one attached hydrogen (secondary N) is 1. The smallest absolute Gasteiger partial charge is 0.381 e. The predicted octanol–water partition coefficient (Wildman–Crippen LogP) is 1.13. The lowest BCUT2D eigenvalue weighted by Gasteiger charge is -2.07. The third-order valence-corrected chi connectivity index (χ3v) is 2.77. The number of amides is 1. The van der Waals surface area contributed by atoms with E-state index in [9.17, 15) is 14.4 Å². The van der Waals surface area contributed by atoms with Crippen LogP contribution in [-0.4, -0.2) is 39.7 Å². The molecule has 0 aliphatic heterocycles. The second-order valence-electron chi connectivity index (χ2n) is 3.83. The molecule has 0 aromatic carbocycles. The Morgan fingerprint density at radius 2 is 2.00 bits per heavy atom. The van der Waals surface area contributed by atoms with Crippen molar-refractivity contribution in [3.8, 4) is 0 Å². The maximum Gasteiger partial charge on any atom is 0.381 e. The zero-order chi connectivity index (χ0) is 15.3. The molecule has 0 aliphatic rings. The number of rotatable bonds is 6. The van der Waals surface area contributed by atoms with Crippen molar-refractivity contribution in [2.45, 2.75) is 27.3 Å². The van der Waals surface area contributed by atoms with Gasteiger partial charge in [-0.05, 0) is 20.8 Å². The quantitative estimate of drug-likeness (QED) is 0.368. The number of halogens is 1. The molecule has 0 saturated carbocycles. The largest absolute Gasteiger partial charge is 0.460 e. The molecule has 0 aliphatic carbocycles. The second-order valence-corrected chi connectivity index (χ2v) is 4.10. The van der Waals surface area contributed by atoms with Crippen LogP contribution in [0.15, 0.2) is 0 Å². The van der Waals surface area contributed by atoms with Crippen molar-refractivity contribution < 1.29 is 19.1 Å². The summed E-state index contributed by atoms with van der Waals surface area (Å²) in [6, 6.07) is 0. The van der Waals surface area contributed by atoms with Gasteiger partial charge in [-0.2, -0.15) is 0 Å². The number of hydrogen-bond acceptors (Lipinski definition) is 5. The molecule has 0 unspecified atom stereocenters. The van der Waals surface area contributed by atoms with Crippen LogP contribution in [0, 0.1) is 6.92 Å². The van der Waals surface area contributed by atoms with Crippen molar-refractivity contribution in [1.29, 1.82) is 0 Å². The summed E-state index contributed by atoms with van der Waals surface area (Å²) in [5.41, 5.74) is 0.00177. The summed E-state index contributed by atoms with van der Waals surface area (Å²) in [6.07, 6.45) is 0. The fourth-order valence-electron chi connectivity index (χ4n) is 1.73. The van der Waals surface area contributed by atoms with Gasteiger partial charge < -0.3 is 14.6 Å². The molecule has 110 valence electrons. The van der Waals surface area contributed by atoms with Gasteiger partial charge in [0.15, 0.2) is 5.82 Å². The van der Waals surface area contributed by atoms with Gasteiger partial charge in [0.1, 0.15) is 17.4 Å². The molecule has 7 nitrogen and oxygen atoms in total. The number of imidazole rings is 1. The summed E-state index contributed by atoms with van der Waals surface area (Å²) in [6.45, 7) is 5.58. The molecule has 1 heterocycles. The summed E-state index contributed by atoms with van der Waals surface area (Å²) < 4.78 is 6.22. The van der Waals surface area contributed by atoms with E-state index in [1.54, 1.807) is 20.8 Å². The summed E-state index contributed by atoms with van der Waals surface area (Å²) in [4.78, 5) is 39.1.